The summed E-state index contributed by atoms with van der Waals surface area (Å²) in [7, 11) is 0. The molecule has 0 spiro atoms. The summed E-state index contributed by atoms with van der Waals surface area (Å²) >= 11 is 0. The first-order valence-electron chi connectivity index (χ1n) is 6.79. The fraction of sp³-hybridized carbons (Fsp3) is 0.800. The number of rotatable bonds is 10. The van der Waals surface area contributed by atoms with Gasteiger partial charge in [-0.15, -0.1) is 0 Å². The van der Waals surface area contributed by atoms with Gasteiger partial charge >= 0.3 is 0 Å². The Morgan fingerprint density at radius 3 is 2.41 bits per heavy atom. The van der Waals surface area contributed by atoms with Crippen LogP contribution in [0.1, 0.15) is 53.4 Å². The van der Waals surface area contributed by atoms with Gasteiger partial charge in [0.2, 0.25) is 0 Å². The Morgan fingerprint density at radius 2 is 1.82 bits per heavy atom. The highest BCUT2D eigenvalue weighted by Gasteiger charge is 2.05. The van der Waals surface area contributed by atoms with Crippen LogP contribution in [0.2, 0.25) is 0 Å². The molecule has 0 atom stereocenters. The molecule has 0 rings (SSSR count). The Morgan fingerprint density at radius 1 is 1.12 bits per heavy atom. The fourth-order valence-electron chi connectivity index (χ4n) is 1.41. The molecule has 0 aliphatic rings. The van der Waals surface area contributed by atoms with Crippen molar-refractivity contribution in [1.82, 2.24) is 0 Å². The molecule has 0 aromatic rings. The van der Waals surface area contributed by atoms with Crippen LogP contribution in [0.25, 0.3) is 0 Å². The monoisotopic (exact) mass is 240 g/mol. The van der Waals surface area contributed by atoms with Gasteiger partial charge in [-0.05, 0) is 25.2 Å². The van der Waals surface area contributed by atoms with Gasteiger partial charge in [0, 0.05) is 18.9 Å². The molecule has 17 heavy (non-hydrogen) atoms. The molecule has 0 saturated heterocycles. The van der Waals surface area contributed by atoms with E-state index in [2.05, 4.69) is 26.0 Å². The molecule has 0 fully saturated rings. The van der Waals surface area contributed by atoms with Crippen LogP contribution in [-0.2, 0) is 9.53 Å². The van der Waals surface area contributed by atoms with Crippen molar-refractivity contribution in [3.63, 3.8) is 0 Å². The fourth-order valence-corrected chi connectivity index (χ4v) is 1.41. The molecule has 2 heteroatoms. The summed E-state index contributed by atoms with van der Waals surface area (Å²) in [6.45, 7) is 9.77. The van der Waals surface area contributed by atoms with Crippen molar-refractivity contribution in [3.05, 3.63) is 12.2 Å². The average molecular weight is 240 g/mol. The van der Waals surface area contributed by atoms with E-state index in [9.17, 15) is 4.79 Å². The minimum atomic E-state index is 0.190. The quantitative estimate of drug-likeness (QED) is 0.426. The van der Waals surface area contributed by atoms with Crippen molar-refractivity contribution < 1.29 is 9.53 Å². The first-order valence-corrected chi connectivity index (χ1v) is 6.79. The van der Waals surface area contributed by atoms with Gasteiger partial charge in [-0.25, -0.2) is 0 Å². The third-order valence-corrected chi connectivity index (χ3v) is 2.52. The Kier molecular flexibility index (Phi) is 10.1. The Hall–Kier alpha value is -0.630. The number of ether oxygens (including phenoxy) is 1. The molecule has 2 nitrogen and oxygen atoms in total. The molecule has 0 N–H and O–H groups in total. The van der Waals surface area contributed by atoms with Crippen LogP contribution in [0.3, 0.4) is 0 Å². The predicted molar refractivity (Wildman–Crippen MR) is 73.1 cm³/mol. The summed E-state index contributed by atoms with van der Waals surface area (Å²) in [5.41, 5.74) is 0. The first kappa shape index (κ1) is 16.4. The predicted octanol–water partition coefficient (Wildman–Crippen LogP) is 4.00. The van der Waals surface area contributed by atoms with Crippen LogP contribution >= 0.6 is 0 Å². The van der Waals surface area contributed by atoms with Gasteiger partial charge in [0.15, 0.2) is 0 Å². The molecule has 0 aliphatic heterocycles. The zero-order valence-electron chi connectivity index (χ0n) is 11.9. The molecule has 0 amide bonds. The molecule has 0 saturated carbocycles. The van der Waals surface area contributed by atoms with Gasteiger partial charge in [0.25, 0.3) is 0 Å². The number of unbranched alkanes of at least 4 members (excludes halogenated alkanes) is 2. The summed E-state index contributed by atoms with van der Waals surface area (Å²) in [6, 6.07) is 0. The van der Waals surface area contributed by atoms with Gasteiger partial charge < -0.3 is 4.74 Å². The van der Waals surface area contributed by atoms with Gasteiger partial charge in [-0.1, -0.05) is 39.8 Å². The molecular weight excluding hydrogens is 212 g/mol. The number of ketones is 1. The number of hydrogen-bond acceptors (Lipinski definition) is 2. The summed E-state index contributed by atoms with van der Waals surface area (Å²) < 4.78 is 5.43. The van der Waals surface area contributed by atoms with E-state index >= 15 is 0 Å². The minimum Gasteiger partial charge on any atom is -0.377 e. The van der Waals surface area contributed by atoms with E-state index in [0.29, 0.717) is 18.3 Å². The van der Waals surface area contributed by atoms with Crippen molar-refractivity contribution in [2.45, 2.75) is 53.4 Å². The van der Waals surface area contributed by atoms with E-state index in [0.717, 1.165) is 32.3 Å². The second kappa shape index (κ2) is 10.5. The molecule has 0 aromatic heterocycles. The van der Waals surface area contributed by atoms with Crippen LogP contribution in [-0.4, -0.2) is 19.0 Å². The van der Waals surface area contributed by atoms with E-state index in [1.807, 2.05) is 13.8 Å². The van der Waals surface area contributed by atoms with Crippen molar-refractivity contribution in [2.24, 2.45) is 11.8 Å². The highest BCUT2D eigenvalue weighted by Crippen LogP contribution is 2.06. The molecule has 0 aromatic carbocycles. The van der Waals surface area contributed by atoms with Crippen molar-refractivity contribution in [3.8, 4) is 0 Å². The van der Waals surface area contributed by atoms with Gasteiger partial charge in [0.05, 0.1) is 6.61 Å². The van der Waals surface area contributed by atoms with Gasteiger partial charge in [0.1, 0.15) is 5.78 Å². The smallest absolute Gasteiger partial charge is 0.135 e. The molecule has 0 bridgehead atoms. The average Bonchev–Trinajstić information content (AvgIpc) is 2.25. The molecular formula is C15H28O2. The summed E-state index contributed by atoms with van der Waals surface area (Å²) in [6.07, 6.45) is 8.12. The number of hydrogen-bond donors (Lipinski definition) is 0. The highest BCUT2D eigenvalue weighted by molar-refractivity contribution is 5.80. The molecule has 0 unspecified atom stereocenters. The third-order valence-electron chi connectivity index (χ3n) is 2.52. The maximum absolute atomic E-state index is 11.3. The maximum atomic E-state index is 11.3. The lowest BCUT2D eigenvalue weighted by Crippen LogP contribution is -2.05. The molecule has 0 radical (unpaired) electrons. The van der Waals surface area contributed by atoms with Crippen molar-refractivity contribution in [2.75, 3.05) is 13.2 Å². The van der Waals surface area contributed by atoms with Crippen molar-refractivity contribution >= 4 is 5.78 Å². The van der Waals surface area contributed by atoms with E-state index in [-0.39, 0.29) is 5.92 Å². The van der Waals surface area contributed by atoms with E-state index in [4.69, 9.17) is 4.74 Å². The zero-order chi connectivity index (χ0) is 13.1. The standard InChI is InChI=1S/C15H28O2/c1-13(2)12-17-11-9-7-5-6-8-10-15(16)14(3)4/h7,9,13-14H,5-6,8,10-12H2,1-4H3/b9-7-. The summed E-state index contributed by atoms with van der Waals surface area (Å²) in [4.78, 5) is 11.3. The van der Waals surface area contributed by atoms with E-state index in [1.54, 1.807) is 0 Å². The van der Waals surface area contributed by atoms with E-state index < -0.39 is 0 Å². The minimum absolute atomic E-state index is 0.190. The third kappa shape index (κ3) is 11.6. The Labute approximate surface area is 106 Å². The first-order chi connectivity index (χ1) is 8.04. The van der Waals surface area contributed by atoms with Crippen molar-refractivity contribution in [1.29, 1.82) is 0 Å². The normalized spacial score (nSPS) is 11.9. The molecule has 100 valence electrons. The second-order valence-electron chi connectivity index (χ2n) is 5.27. The highest BCUT2D eigenvalue weighted by atomic mass is 16.5. The molecule has 0 heterocycles. The summed E-state index contributed by atoms with van der Waals surface area (Å²) in [5.74, 6) is 1.18. The Balaban J connectivity index is 3.28. The lowest BCUT2D eigenvalue weighted by Gasteiger charge is -2.03. The van der Waals surface area contributed by atoms with Crippen LogP contribution in [0.15, 0.2) is 12.2 Å². The number of Topliss-reactive ketones (excluding diaryl/α,β-unsaturated/α-hetero) is 1. The van der Waals surface area contributed by atoms with E-state index in [1.165, 1.54) is 0 Å². The maximum Gasteiger partial charge on any atom is 0.135 e. The van der Waals surface area contributed by atoms with Crippen LogP contribution < -0.4 is 0 Å². The zero-order valence-corrected chi connectivity index (χ0v) is 11.9. The lowest BCUT2D eigenvalue weighted by atomic mass is 10.0. The lowest BCUT2D eigenvalue weighted by molar-refractivity contribution is -0.122. The summed E-state index contributed by atoms with van der Waals surface area (Å²) in [5, 5.41) is 0. The van der Waals surface area contributed by atoms with Crippen LogP contribution in [0.5, 0.6) is 0 Å². The number of allylic oxidation sites excluding steroid dienone is 1. The Bertz CT molecular complexity index is 217. The van der Waals surface area contributed by atoms with Crippen LogP contribution in [0.4, 0.5) is 0 Å². The topological polar surface area (TPSA) is 26.3 Å². The number of carbonyl (C=O) groups excluding carboxylic acids is 1. The molecule has 0 aliphatic carbocycles. The second-order valence-corrected chi connectivity index (χ2v) is 5.27. The largest absolute Gasteiger partial charge is 0.377 e. The SMILES string of the molecule is CC(C)COC/C=C\CCCCC(=O)C(C)C. The van der Waals surface area contributed by atoms with Crippen LogP contribution in [0, 0.1) is 11.8 Å². The van der Waals surface area contributed by atoms with Gasteiger partial charge in [-0.3, -0.25) is 4.79 Å². The number of carbonyl (C=O) groups is 1. The van der Waals surface area contributed by atoms with Gasteiger partial charge in [-0.2, -0.15) is 0 Å².